The van der Waals surface area contributed by atoms with Crippen molar-refractivity contribution < 1.29 is 4.79 Å². The van der Waals surface area contributed by atoms with Crippen molar-refractivity contribution in [2.75, 3.05) is 0 Å². The van der Waals surface area contributed by atoms with Gasteiger partial charge >= 0.3 is 0 Å². The zero-order valence-corrected chi connectivity index (χ0v) is 13.0. The van der Waals surface area contributed by atoms with E-state index in [1.54, 1.807) is 34.5 Å². The number of ketones is 1. The van der Waals surface area contributed by atoms with Crippen LogP contribution in [-0.2, 0) is 6.54 Å². The van der Waals surface area contributed by atoms with E-state index in [0.717, 1.165) is 22.9 Å². The van der Waals surface area contributed by atoms with E-state index in [0.29, 0.717) is 5.56 Å². The van der Waals surface area contributed by atoms with Crippen LogP contribution < -0.4 is 0 Å². The Bertz CT molecular complexity index is 837. The zero-order chi connectivity index (χ0) is 15.0. The smallest absolute Gasteiger partial charge is 0.194 e. The summed E-state index contributed by atoms with van der Waals surface area (Å²) in [7, 11) is 0. The number of nitrogens with zero attached hydrogens (tertiary/aromatic N) is 4. The van der Waals surface area contributed by atoms with Crippen LogP contribution in [0.5, 0.6) is 0 Å². The zero-order valence-electron chi connectivity index (χ0n) is 12.2. The van der Waals surface area contributed by atoms with Crippen LogP contribution in [0, 0.1) is 13.8 Å². The number of allylic oxidation sites excluding steroid dienone is 1. The molecule has 0 saturated carbocycles. The normalized spacial score (nSPS) is 11.8. The predicted molar refractivity (Wildman–Crippen MR) is 83.8 cm³/mol. The van der Waals surface area contributed by atoms with Gasteiger partial charge in [0.15, 0.2) is 10.7 Å². The minimum Gasteiger partial charge on any atom is -0.290 e. The van der Waals surface area contributed by atoms with E-state index < -0.39 is 0 Å². The maximum atomic E-state index is 12.2. The van der Waals surface area contributed by atoms with Gasteiger partial charge in [-0.2, -0.15) is 5.10 Å². The van der Waals surface area contributed by atoms with Crippen LogP contribution in [0.25, 0.3) is 11.0 Å². The highest BCUT2D eigenvalue weighted by atomic mass is 32.1. The van der Waals surface area contributed by atoms with Crippen LogP contribution in [0.2, 0.25) is 0 Å². The van der Waals surface area contributed by atoms with E-state index in [1.165, 1.54) is 4.88 Å². The van der Waals surface area contributed by atoms with E-state index in [2.05, 4.69) is 10.1 Å². The van der Waals surface area contributed by atoms with Crippen molar-refractivity contribution in [3.63, 3.8) is 0 Å². The first-order valence-corrected chi connectivity index (χ1v) is 7.60. The quantitative estimate of drug-likeness (QED) is 0.549. The van der Waals surface area contributed by atoms with Gasteiger partial charge in [0, 0.05) is 23.8 Å². The Morgan fingerprint density at radius 2 is 2.19 bits per heavy atom. The van der Waals surface area contributed by atoms with E-state index in [1.807, 2.05) is 37.4 Å². The van der Waals surface area contributed by atoms with E-state index in [9.17, 15) is 4.79 Å². The molecule has 0 aliphatic carbocycles. The molecule has 21 heavy (non-hydrogen) atoms. The predicted octanol–water partition coefficient (Wildman–Crippen LogP) is 3.13. The molecule has 0 saturated heterocycles. The Labute approximate surface area is 126 Å². The standard InChI is InChI=1S/C15H16N4OS/c1-4-18-9-12(7-16-18)14(20)6-5-13-11(3)17-15-19(13)8-10(2)21-15/h5-9H,4H2,1-3H3. The summed E-state index contributed by atoms with van der Waals surface area (Å²) in [5.74, 6) is -0.0454. The van der Waals surface area contributed by atoms with Gasteiger partial charge in [-0.1, -0.05) is 0 Å². The van der Waals surface area contributed by atoms with Gasteiger partial charge in [0.1, 0.15) is 0 Å². The molecule has 108 valence electrons. The van der Waals surface area contributed by atoms with Crippen molar-refractivity contribution in [2.45, 2.75) is 27.3 Å². The first-order chi connectivity index (χ1) is 10.1. The van der Waals surface area contributed by atoms with Gasteiger partial charge in [0.05, 0.1) is 23.1 Å². The van der Waals surface area contributed by atoms with Crippen LogP contribution in [0.4, 0.5) is 0 Å². The van der Waals surface area contributed by atoms with E-state index >= 15 is 0 Å². The third-order valence-corrected chi connectivity index (χ3v) is 4.20. The molecule has 0 aliphatic rings. The fraction of sp³-hybridized carbons (Fsp3) is 0.267. The molecule has 0 amide bonds. The Kier molecular flexibility index (Phi) is 3.47. The lowest BCUT2D eigenvalue weighted by Crippen LogP contribution is -1.95. The van der Waals surface area contributed by atoms with Crippen LogP contribution >= 0.6 is 11.3 Å². The molecule has 3 aromatic heterocycles. The molecule has 0 radical (unpaired) electrons. The Balaban J connectivity index is 1.90. The average Bonchev–Trinajstić information content (AvgIpc) is 3.11. The molecule has 0 N–H and O–H groups in total. The van der Waals surface area contributed by atoms with E-state index in [4.69, 9.17) is 0 Å². The summed E-state index contributed by atoms with van der Waals surface area (Å²) in [5, 5.41) is 4.12. The maximum Gasteiger partial charge on any atom is 0.194 e. The molecule has 0 atom stereocenters. The van der Waals surface area contributed by atoms with Gasteiger partial charge in [0.2, 0.25) is 0 Å². The summed E-state index contributed by atoms with van der Waals surface area (Å²) >= 11 is 1.64. The summed E-state index contributed by atoms with van der Waals surface area (Å²) < 4.78 is 3.76. The molecule has 0 aromatic carbocycles. The van der Waals surface area contributed by atoms with Gasteiger partial charge in [-0.3, -0.25) is 13.9 Å². The number of carbonyl (C=O) groups excluding carboxylic acids is 1. The van der Waals surface area contributed by atoms with Gasteiger partial charge in [-0.15, -0.1) is 11.3 Å². The molecule has 3 aromatic rings. The largest absolute Gasteiger partial charge is 0.290 e. The van der Waals surface area contributed by atoms with Crippen LogP contribution in [0.15, 0.2) is 24.7 Å². The van der Waals surface area contributed by atoms with Crippen molar-refractivity contribution >= 4 is 28.2 Å². The molecule has 5 nitrogen and oxygen atoms in total. The lowest BCUT2D eigenvalue weighted by molar-refractivity contribution is 0.104. The van der Waals surface area contributed by atoms with Crippen LogP contribution in [0.3, 0.4) is 0 Å². The number of fused-ring (bicyclic) bond motifs is 1. The maximum absolute atomic E-state index is 12.2. The first-order valence-electron chi connectivity index (χ1n) is 6.78. The molecule has 0 aliphatic heterocycles. The molecule has 0 bridgehead atoms. The molecule has 6 heteroatoms. The second-order valence-corrected chi connectivity index (χ2v) is 6.07. The van der Waals surface area contributed by atoms with E-state index in [-0.39, 0.29) is 5.78 Å². The third kappa shape index (κ3) is 2.54. The summed E-state index contributed by atoms with van der Waals surface area (Å²) in [6.07, 6.45) is 8.82. The fourth-order valence-corrected chi connectivity index (χ4v) is 3.07. The third-order valence-electron chi connectivity index (χ3n) is 3.30. The minimum atomic E-state index is -0.0454. The van der Waals surface area contributed by atoms with Gasteiger partial charge in [-0.05, 0) is 32.9 Å². The second-order valence-electron chi connectivity index (χ2n) is 4.86. The van der Waals surface area contributed by atoms with Crippen LogP contribution in [-0.4, -0.2) is 24.9 Å². The van der Waals surface area contributed by atoms with Crippen molar-refractivity contribution in [3.05, 3.63) is 46.5 Å². The molecular weight excluding hydrogens is 284 g/mol. The average molecular weight is 300 g/mol. The highest BCUT2D eigenvalue weighted by Gasteiger charge is 2.10. The van der Waals surface area contributed by atoms with Crippen molar-refractivity contribution in [1.29, 1.82) is 0 Å². The van der Waals surface area contributed by atoms with Crippen LogP contribution in [0.1, 0.15) is 33.5 Å². The number of rotatable bonds is 4. The molecule has 0 unspecified atom stereocenters. The summed E-state index contributed by atoms with van der Waals surface area (Å²) in [4.78, 5) is 18.8. The lowest BCUT2D eigenvalue weighted by Gasteiger charge is -1.93. The van der Waals surface area contributed by atoms with Crippen molar-refractivity contribution in [1.82, 2.24) is 19.2 Å². The minimum absolute atomic E-state index is 0.0454. The summed E-state index contributed by atoms with van der Waals surface area (Å²) in [6.45, 7) is 6.75. The van der Waals surface area contributed by atoms with Crippen molar-refractivity contribution in [2.24, 2.45) is 0 Å². The molecular formula is C15H16N4OS. The molecule has 0 spiro atoms. The number of aryl methyl sites for hydroxylation is 3. The number of thiazole rings is 1. The monoisotopic (exact) mass is 300 g/mol. The molecule has 3 heterocycles. The number of hydrogen-bond acceptors (Lipinski definition) is 4. The highest BCUT2D eigenvalue weighted by molar-refractivity contribution is 7.17. The highest BCUT2D eigenvalue weighted by Crippen LogP contribution is 2.21. The van der Waals surface area contributed by atoms with Gasteiger partial charge < -0.3 is 0 Å². The Hall–Kier alpha value is -2.21. The lowest BCUT2D eigenvalue weighted by atomic mass is 10.2. The topological polar surface area (TPSA) is 52.2 Å². The Morgan fingerprint density at radius 3 is 2.90 bits per heavy atom. The SMILES string of the molecule is CCn1cc(C(=O)C=Cc2c(C)nc3sc(C)cn23)cn1. The second kappa shape index (κ2) is 5.29. The van der Waals surface area contributed by atoms with Crippen molar-refractivity contribution in [3.8, 4) is 0 Å². The Morgan fingerprint density at radius 1 is 1.38 bits per heavy atom. The number of imidazole rings is 1. The first kappa shape index (κ1) is 13.8. The fourth-order valence-electron chi connectivity index (χ4n) is 2.20. The number of aromatic nitrogens is 4. The number of hydrogen-bond donors (Lipinski definition) is 0. The number of carbonyl (C=O) groups is 1. The van der Waals surface area contributed by atoms with Gasteiger partial charge in [0.25, 0.3) is 0 Å². The van der Waals surface area contributed by atoms with Gasteiger partial charge in [-0.25, -0.2) is 4.98 Å². The molecule has 0 fully saturated rings. The molecule has 3 rings (SSSR count). The summed E-state index contributed by atoms with van der Waals surface area (Å²) in [6, 6.07) is 0. The summed E-state index contributed by atoms with van der Waals surface area (Å²) in [5.41, 5.74) is 2.48.